The van der Waals surface area contributed by atoms with Gasteiger partial charge in [-0.05, 0) is 50.7 Å². The Morgan fingerprint density at radius 3 is 2.65 bits per heavy atom. The van der Waals surface area contributed by atoms with Gasteiger partial charge in [0.1, 0.15) is 16.9 Å². The first-order valence-corrected chi connectivity index (χ1v) is 12.3. The minimum absolute atomic E-state index is 0.00714. The van der Waals surface area contributed by atoms with Crippen LogP contribution in [0.15, 0.2) is 36.8 Å². The van der Waals surface area contributed by atoms with Crippen molar-refractivity contribution in [1.82, 2.24) is 19.7 Å². The topological polar surface area (TPSA) is 71.8 Å². The molecule has 0 unspecified atom stereocenters. The minimum atomic E-state index is -0.499. The summed E-state index contributed by atoms with van der Waals surface area (Å²) in [6.07, 6.45) is 7.69. The number of rotatable bonds is 5. The number of carbonyl (C=O) groups is 1. The minimum Gasteiger partial charge on any atom is -0.444 e. The van der Waals surface area contributed by atoms with Gasteiger partial charge in [-0.3, -0.25) is 4.40 Å². The zero-order valence-corrected chi connectivity index (χ0v) is 21.6. The highest BCUT2D eigenvalue weighted by Gasteiger charge is 2.32. The molecule has 0 atom stereocenters. The number of aromatic nitrogens is 3. The van der Waals surface area contributed by atoms with Gasteiger partial charge in [-0.25, -0.2) is 14.8 Å². The van der Waals surface area contributed by atoms with Crippen molar-refractivity contribution in [2.75, 3.05) is 24.5 Å². The SMILES string of the molecule is CC1(CNC(=O)OC(C)(C)C)CCN(c2nccn3c(Cc4cccc(Cl)c4Cl)ncc23)CC1. The lowest BCUT2D eigenvalue weighted by Gasteiger charge is -2.40. The molecule has 2 aromatic heterocycles. The first kappa shape index (κ1) is 24.6. The summed E-state index contributed by atoms with van der Waals surface area (Å²) >= 11 is 12.6. The van der Waals surface area contributed by atoms with E-state index in [-0.39, 0.29) is 11.5 Å². The van der Waals surface area contributed by atoms with Gasteiger partial charge in [-0.1, -0.05) is 42.3 Å². The number of piperidine rings is 1. The van der Waals surface area contributed by atoms with E-state index in [0.29, 0.717) is 23.0 Å². The van der Waals surface area contributed by atoms with Crippen molar-refractivity contribution in [3.8, 4) is 0 Å². The predicted molar refractivity (Wildman–Crippen MR) is 136 cm³/mol. The number of hydrogen-bond donors (Lipinski definition) is 1. The molecule has 1 saturated heterocycles. The molecule has 9 heteroatoms. The van der Waals surface area contributed by atoms with Gasteiger partial charge in [-0.15, -0.1) is 0 Å². The summed E-state index contributed by atoms with van der Waals surface area (Å²) in [6.45, 7) is 10.1. The molecule has 7 nitrogen and oxygen atoms in total. The molecule has 3 heterocycles. The monoisotopic (exact) mass is 503 g/mol. The number of ether oxygens (including phenoxy) is 1. The van der Waals surface area contributed by atoms with Crippen molar-refractivity contribution in [2.45, 2.75) is 52.6 Å². The van der Waals surface area contributed by atoms with Crippen molar-refractivity contribution in [3.05, 3.63) is 58.2 Å². The quantitative estimate of drug-likeness (QED) is 0.479. The van der Waals surface area contributed by atoms with Gasteiger partial charge in [0.2, 0.25) is 0 Å². The summed E-state index contributed by atoms with van der Waals surface area (Å²) in [5, 5.41) is 4.04. The third kappa shape index (κ3) is 5.58. The first-order chi connectivity index (χ1) is 16.0. The van der Waals surface area contributed by atoms with E-state index < -0.39 is 5.60 Å². The summed E-state index contributed by atoms with van der Waals surface area (Å²) in [7, 11) is 0. The van der Waals surface area contributed by atoms with Crippen LogP contribution in [-0.2, 0) is 11.2 Å². The molecule has 1 aliphatic heterocycles. The van der Waals surface area contributed by atoms with Gasteiger partial charge >= 0.3 is 6.09 Å². The maximum absolute atomic E-state index is 12.1. The van der Waals surface area contributed by atoms with E-state index in [1.165, 1.54) is 0 Å². The molecule has 0 bridgehead atoms. The number of halogens is 2. The maximum Gasteiger partial charge on any atom is 0.407 e. The highest BCUT2D eigenvalue weighted by atomic mass is 35.5. The number of amides is 1. The summed E-state index contributed by atoms with van der Waals surface area (Å²) in [5.41, 5.74) is 1.41. The third-order valence-electron chi connectivity index (χ3n) is 6.22. The lowest BCUT2D eigenvalue weighted by Crippen LogP contribution is -2.46. The number of carbonyl (C=O) groups excluding carboxylic acids is 1. The van der Waals surface area contributed by atoms with E-state index >= 15 is 0 Å². The van der Waals surface area contributed by atoms with Crippen LogP contribution in [0.3, 0.4) is 0 Å². The van der Waals surface area contributed by atoms with Gasteiger partial charge in [0, 0.05) is 38.4 Å². The average Bonchev–Trinajstić information content (AvgIpc) is 3.18. The highest BCUT2D eigenvalue weighted by Crippen LogP contribution is 2.34. The number of imidazole rings is 1. The van der Waals surface area contributed by atoms with E-state index in [9.17, 15) is 4.79 Å². The standard InChI is InChI=1S/C25H31Cl2N5O2/c1-24(2,3)34-23(33)30-16-25(4)8-11-31(12-9-25)22-19-15-29-20(32(19)13-10-28-22)14-17-6-5-7-18(26)21(17)27/h5-7,10,13,15H,8-9,11-12,14,16H2,1-4H3,(H,30,33). The highest BCUT2D eigenvalue weighted by molar-refractivity contribution is 6.42. The average molecular weight is 504 g/mol. The van der Waals surface area contributed by atoms with E-state index in [1.807, 2.05) is 51.5 Å². The number of nitrogens with one attached hydrogen (secondary N) is 1. The first-order valence-electron chi connectivity index (χ1n) is 11.5. The van der Waals surface area contributed by atoms with Crippen molar-refractivity contribution in [3.63, 3.8) is 0 Å². The fourth-order valence-electron chi connectivity index (χ4n) is 4.23. The lowest BCUT2D eigenvalue weighted by molar-refractivity contribution is 0.0495. The van der Waals surface area contributed by atoms with Crippen LogP contribution in [0.25, 0.3) is 5.52 Å². The Labute approximate surface area is 210 Å². The van der Waals surface area contributed by atoms with E-state index in [0.717, 1.165) is 48.7 Å². The molecular formula is C25H31Cl2N5O2. The molecular weight excluding hydrogens is 473 g/mol. The van der Waals surface area contributed by atoms with Gasteiger partial charge in [0.05, 0.1) is 16.2 Å². The van der Waals surface area contributed by atoms with Crippen molar-refractivity contribution in [1.29, 1.82) is 0 Å². The largest absolute Gasteiger partial charge is 0.444 e. The van der Waals surface area contributed by atoms with Gasteiger partial charge in [0.25, 0.3) is 0 Å². The van der Waals surface area contributed by atoms with E-state index in [2.05, 4.69) is 31.5 Å². The Hall–Kier alpha value is -2.51. The number of alkyl carbamates (subject to hydrolysis) is 1. The van der Waals surface area contributed by atoms with Crippen LogP contribution < -0.4 is 10.2 Å². The molecule has 4 rings (SSSR count). The zero-order chi connectivity index (χ0) is 24.5. The van der Waals surface area contributed by atoms with Crippen LogP contribution in [0.4, 0.5) is 10.6 Å². The van der Waals surface area contributed by atoms with Crippen LogP contribution >= 0.6 is 23.2 Å². The zero-order valence-electron chi connectivity index (χ0n) is 20.1. The number of nitrogens with zero attached hydrogens (tertiary/aromatic N) is 4. The molecule has 0 radical (unpaired) electrons. The molecule has 3 aromatic rings. The molecule has 1 aliphatic rings. The molecule has 0 spiro atoms. The van der Waals surface area contributed by atoms with Crippen LogP contribution in [-0.4, -0.2) is 45.7 Å². The Balaban J connectivity index is 1.44. The number of fused-ring (bicyclic) bond motifs is 1. The lowest BCUT2D eigenvalue weighted by atomic mass is 9.80. The Morgan fingerprint density at radius 2 is 1.94 bits per heavy atom. The van der Waals surface area contributed by atoms with E-state index in [4.69, 9.17) is 27.9 Å². The van der Waals surface area contributed by atoms with Crippen molar-refractivity contribution < 1.29 is 9.53 Å². The van der Waals surface area contributed by atoms with Crippen LogP contribution in [0, 0.1) is 5.41 Å². The summed E-state index contributed by atoms with van der Waals surface area (Å²) in [6, 6.07) is 5.65. The van der Waals surface area contributed by atoms with Crippen molar-refractivity contribution >= 4 is 40.6 Å². The van der Waals surface area contributed by atoms with Crippen LogP contribution in [0.1, 0.15) is 51.9 Å². The fraction of sp³-hybridized carbons (Fsp3) is 0.480. The number of hydrogen-bond acceptors (Lipinski definition) is 5. The second-order valence-corrected chi connectivity index (χ2v) is 11.0. The second-order valence-electron chi connectivity index (χ2n) is 10.2. The van der Waals surface area contributed by atoms with Crippen LogP contribution in [0.5, 0.6) is 0 Å². The Kier molecular flexibility index (Phi) is 6.97. The molecule has 1 aromatic carbocycles. The van der Waals surface area contributed by atoms with Gasteiger partial charge < -0.3 is 15.0 Å². The molecule has 1 fully saturated rings. The summed E-state index contributed by atoms with van der Waals surface area (Å²) in [4.78, 5) is 23.7. The molecule has 1 amide bonds. The van der Waals surface area contributed by atoms with Crippen LogP contribution in [0.2, 0.25) is 10.0 Å². The Morgan fingerprint density at radius 1 is 1.21 bits per heavy atom. The summed E-state index contributed by atoms with van der Waals surface area (Å²) in [5.74, 6) is 1.80. The maximum atomic E-state index is 12.1. The molecule has 1 N–H and O–H groups in total. The molecule has 34 heavy (non-hydrogen) atoms. The third-order valence-corrected chi connectivity index (χ3v) is 7.08. The second kappa shape index (κ2) is 9.62. The smallest absolute Gasteiger partial charge is 0.407 e. The number of anilines is 1. The summed E-state index contributed by atoms with van der Waals surface area (Å²) < 4.78 is 7.44. The van der Waals surface area contributed by atoms with Gasteiger partial charge in [-0.2, -0.15) is 0 Å². The predicted octanol–water partition coefficient (Wildman–Crippen LogP) is 5.76. The normalized spacial score (nSPS) is 16.0. The van der Waals surface area contributed by atoms with Gasteiger partial charge in [0.15, 0.2) is 5.82 Å². The molecule has 182 valence electrons. The van der Waals surface area contributed by atoms with Crippen molar-refractivity contribution in [2.24, 2.45) is 5.41 Å². The molecule has 0 aliphatic carbocycles. The fourth-order valence-corrected chi connectivity index (χ4v) is 4.62. The molecule has 0 saturated carbocycles. The van der Waals surface area contributed by atoms with E-state index in [1.54, 1.807) is 6.07 Å². The Bertz CT molecular complexity index is 1180. The number of benzene rings is 1.